The summed E-state index contributed by atoms with van der Waals surface area (Å²) in [5, 5.41) is 43.3. The molecule has 0 aliphatic heterocycles. The van der Waals surface area contributed by atoms with Gasteiger partial charge in [-0.1, -0.05) is 193 Å². The van der Waals surface area contributed by atoms with Gasteiger partial charge < -0.3 is 25.7 Å². The van der Waals surface area contributed by atoms with E-state index in [-0.39, 0.29) is 6.42 Å². The number of carbonyl (C=O) groups is 1. The molecule has 0 fully saturated rings. The van der Waals surface area contributed by atoms with E-state index in [1.54, 1.807) is 0 Å². The summed E-state index contributed by atoms with van der Waals surface area (Å²) in [7, 11) is 0. The molecule has 0 heterocycles. The topological polar surface area (TPSA) is 110 Å². The van der Waals surface area contributed by atoms with Crippen molar-refractivity contribution in [2.24, 2.45) is 0 Å². The highest BCUT2D eigenvalue weighted by Crippen LogP contribution is 2.17. The number of hydrogen-bond donors (Lipinski definition) is 5. The van der Waals surface area contributed by atoms with Crippen LogP contribution in [-0.4, -0.2) is 57.3 Å². The fourth-order valence-corrected chi connectivity index (χ4v) is 6.41. The van der Waals surface area contributed by atoms with E-state index in [0.717, 1.165) is 32.1 Å². The number of amides is 1. The van der Waals surface area contributed by atoms with Crippen molar-refractivity contribution in [2.75, 3.05) is 6.61 Å². The molecule has 0 spiro atoms. The summed E-state index contributed by atoms with van der Waals surface area (Å²) in [6, 6.07) is -0.995. The molecule has 4 unspecified atom stereocenters. The predicted molar refractivity (Wildman–Crippen MR) is 201 cm³/mol. The lowest BCUT2D eigenvalue weighted by Crippen LogP contribution is -2.53. The summed E-state index contributed by atoms with van der Waals surface area (Å²) in [5.74, 6) is -0.619. The van der Waals surface area contributed by atoms with Crippen LogP contribution in [0.5, 0.6) is 0 Å². The highest BCUT2D eigenvalue weighted by atomic mass is 16.3. The summed E-state index contributed by atoms with van der Waals surface area (Å²) in [6.45, 7) is 3.98. The lowest BCUT2D eigenvalue weighted by Gasteiger charge is -2.27. The van der Waals surface area contributed by atoms with Crippen molar-refractivity contribution in [3.05, 3.63) is 12.2 Å². The molecule has 0 aliphatic rings. The van der Waals surface area contributed by atoms with Crippen molar-refractivity contribution in [3.63, 3.8) is 0 Å². The van der Waals surface area contributed by atoms with Crippen LogP contribution in [0, 0.1) is 0 Å². The SMILES string of the molecule is CCCCCC/C=C\CCC(O)C(=O)NC(CO)C(O)C(O)CCCCCCCCCCCCCCCCCCCCCCCCC. The van der Waals surface area contributed by atoms with E-state index in [1.807, 2.05) is 6.08 Å². The summed E-state index contributed by atoms with van der Waals surface area (Å²) in [5.41, 5.74) is 0. The van der Waals surface area contributed by atoms with Gasteiger partial charge in [-0.3, -0.25) is 4.79 Å². The molecule has 0 radical (unpaired) electrons. The number of hydrogen-bond acceptors (Lipinski definition) is 5. The minimum Gasteiger partial charge on any atom is -0.394 e. The normalized spacial score (nSPS) is 14.4. The van der Waals surface area contributed by atoms with Crippen LogP contribution in [0.15, 0.2) is 12.2 Å². The Balaban J connectivity index is 3.65. The van der Waals surface area contributed by atoms with Gasteiger partial charge in [-0.15, -0.1) is 0 Å². The average Bonchev–Trinajstić information content (AvgIpc) is 3.08. The largest absolute Gasteiger partial charge is 0.394 e. The first kappa shape index (κ1) is 46.0. The number of aliphatic hydroxyl groups excluding tert-OH is 4. The molecule has 0 bridgehead atoms. The zero-order valence-electron chi connectivity index (χ0n) is 31.3. The fourth-order valence-electron chi connectivity index (χ4n) is 6.41. The van der Waals surface area contributed by atoms with E-state index >= 15 is 0 Å². The maximum absolute atomic E-state index is 12.4. The van der Waals surface area contributed by atoms with Crippen LogP contribution in [0.2, 0.25) is 0 Å². The second-order valence-electron chi connectivity index (χ2n) is 14.3. The lowest BCUT2D eigenvalue weighted by molar-refractivity contribution is -0.132. The Hall–Kier alpha value is -0.950. The number of allylic oxidation sites excluding steroid dienone is 2. The lowest BCUT2D eigenvalue weighted by atomic mass is 9.99. The molecule has 0 saturated carbocycles. The summed E-state index contributed by atoms with van der Waals surface area (Å²) in [4.78, 5) is 12.4. The molecule has 0 aliphatic carbocycles. The first-order valence-electron chi connectivity index (χ1n) is 20.6. The van der Waals surface area contributed by atoms with Gasteiger partial charge in [0.2, 0.25) is 5.91 Å². The number of aliphatic hydroxyl groups is 4. The number of carbonyl (C=O) groups excluding carboxylic acids is 1. The van der Waals surface area contributed by atoms with E-state index in [0.29, 0.717) is 12.8 Å². The Kier molecular flexibility index (Phi) is 35.6. The number of rotatable bonds is 37. The van der Waals surface area contributed by atoms with E-state index in [2.05, 4.69) is 25.2 Å². The molecule has 4 atom stereocenters. The minimum absolute atomic E-state index is 0.285. The molecule has 6 heteroatoms. The molecule has 0 saturated heterocycles. The van der Waals surface area contributed by atoms with Gasteiger partial charge in [0, 0.05) is 0 Å². The highest BCUT2D eigenvalue weighted by Gasteiger charge is 2.28. The van der Waals surface area contributed by atoms with Gasteiger partial charge in [0.05, 0.1) is 18.8 Å². The third kappa shape index (κ3) is 30.8. The molecule has 0 rings (SSSR count). The molecular formula is C41H81NO5. The standard InChI is InChI=1S/C41H81NO5/c1-3-5-7-9-11-13-14-15-16-17-18-19-20-21-22-23-24-25-26-27-29-30-32-34-38(44)40(46)37(36-43)42-41(47)39(45)35-33-31-28-12-10-8-6-4-2/h28,31,37-40,43-46H,3-27,29-30,32-36H2,1-2H3,(H,42,47)/b31-28-. The van der Waals surface area contributed by atoms with Crippen LogP contribution in [0.3, 0.4) is 0 Å². The van der Waals surface area contributed by atoms with Gasteiger partial charge >= 0.3 is 0 Å². The summed E-state index contributed by atoms with van der Waals surface area (Å²) >= 11 is 0. The van der Waals surface area contributed by atoms with Crippen LogP contribution < -0.4 is 5.32 Å². The van der Waals surface area contributed by atoms with Gasteiger partial charge in [-0.2, -0.15) is 0 Å². The Morgan fingerprint density at radius 1 is 0.511 bits per heavy atom. The third-order valence-corrected chi connectivity index (χ3v) is 9.73. The van der Waals surface area contributed by atoms with Crippen LogP contribution in [0.25, 0.3) is 0 Å². The Morgan fingerprint density at radius 3 is 1.28 bits per heavy atom. The average molecular weight is 668 g/mol. The van der Waals surface area contributed by atoms with E-state index in [9.17, 15) is 25.2 Å². The van der Waals surface area contributed by atoms with E-state index in [4.69, 9.17) is 0 Å². The minimum atomic E-state index is -1.26. The second kappa shape index (κ2) is 36.3. The van der Waals surface area contributed by atoms with Crippen molar-refractivity contribution >= 4 is 5.91 Å². The highest BCUT2D eigenvalue weighted by molar-refractivity contribution is 5.80. The van der Waals surface area contributed by atoms with Crippen LogP contribution in [-0.2, 0) is 4.79 Å². The Labute approximate surface area is 292 Å². The first-order valence-corrected chi connectivity index (χ1v) is 20.6. The maximum atomic E-state index is 12.4. The van der Waals surface area contributed by atoms with Gasteiger partial charge in [0.1, 0.15) is 12.2 Å². The smallest absolute Gasteiger partial charge is 0.249 e. The Bertz CT molecular complexity index is 672. The van der Waals surface area contributed by atoms with E-state index in [1.165, 1.54) is 148 Å². The summed E-state index contributed by atoms with van der Waals surface area (Å²) < 4.78 is 0. The van der Waals surface area contributed by atoms with Crippen LogP contribution in [0.4, 0.5) is 0 Å². The zero-order valence-corrected chi connectivity index (χ0v) is 31.3. The van der Waals surface area contributed by atoms with Crippen LogP contribution >= 0.6 is 0 Å². The van der Waals surface area contributed by atoms with Crippen molar-refractivity contribution < 1.29 is 25.2 Å². The van der Waals surface area contributed by atoms with Gasteiger partial charge in [0.15, 0.2) is 0 Å². The van der Waals surface area contributed by atoms with Gasteiger partial charge in [-0.25, -0.2) is 0 Å². The molecule has 1 amide bonds. The molecule has 47 heavy (non-hydrogen) atoms. The molecule has 0 aromatic carbocycles. The number of unbranched alkanes of at least 4 members (excludes halogenated alkanes) is 26. The molecule has 280 valence electrons. The third-order valence-electron chi connectivity index (χ3n) is 9.73. The van der Waals surface area contributed by atoms with Gasteiger partial charge in [0.25, 0.3) is 0 Å². The van der Waals surface area contributed by atoms with Crippen molar-refractivity contribution in [2.45, 2.75) is 237 Å². The predicted octanol–water partition coefficient (Wildman–Crippen LogP) is 10.2. The van der Waals surface area contributed by atoms with Gasteiger partial charge in [-0.05, 0) is 32.1 Å². The quantitative estimate of drug-likeness (QED) is 0.0335. The fraction of sp³-hybridized carbons (Fsp3) is 0.927. The molecule has 5 N–H and O–H groups in total. The molecule has 0 aromatic rings. The summed E-state index contributed by atoms with van der Waals surface area (Å²) in [6.07, 6.45) is 38.5. The van der Waals surface area contributed by atoms with E-state index < -0.39 is 36.9 Å². The molecule has 0 aromatic heterocycles. The monoisotopic (exact) mass is 668 g/mol. The first-order chi connectivity index (χ1) is 23.0. The second-order valence-corrected chi connectivity index (χ2v) is 14.3. The molecule has 6 nitrogen and oxygen atoms in total. The maximum Gasteiger partial charge on any atom is 0.249 e. The van der Waals surface area contributed by atoms with Crippen molar-refractivity contribution in [1.29, 1.82) is 0 Å². The Morgan fingerprint density at radius 2 is 0.872 bits per heavy atom. The van der Waals surface area contributed by atoms with Crippen molar-refractivity contribution in [1.82, 2.24) is 5.32 Å². The molecular weight excluding hydrogens is 586 g/mol. The number of nitrogens with one attached hydrogen (secondary N) is 1. The van der Waals surface area contributed by atoms with Crippen LogP contribution in [0.1, 0.15) is 213 Å². The van der Waals surface area contributed by atoms with Crippen molar-refractivity contribution in [3.8, 4) is 0 Å². The zero-order chi connectivity index (χ0) is 34.6.